The highest BCUT2D eigenvalue weighted by molar-refractivity contribution is 6.32. The number of hydrogen-bond donors (Lipinski definition) is 2. The third kappa shape index (κ3) is 4.59. The number of aromatic amines is 1. The van der Waals surface area contributed by atoms with Crippen LogP contribution in [0, 0.1) is 0 Å². The number of carbonyl (C=O) groups is 1. The summed E-state index contributed by atoms with van der Waals surface area (Å²) in [4.78, 5) is 25.8. The number of hydrogen-bond acceptors (Lipinski definition) is 5. The average Bonchev–Trinajstić information content (AvgIpc) is 3.20. The molecule has 2 N–H and O–H groups in total. The molecular weight excluding hydrogens is 406 g/mol. The lowest BCUT2D eigenvalue weighted by Crippen LogP contribution is -2.20. The van der Waals surface area contributed by atoms with Gasteiger partial charge >= 0.3 is 5.76 Å². The van der Waals surface area contributed by atoms with E-state index in [2.05, 4.69) is 20.0 Å². The number of benzene rings is 3. The highest BCUT2D eigenvalue weighted by Crippen LogP contribution is 2.30. The summed E-state index contributed by atoms with van der Waals surface area (Å²) in [6.45, 7) is -0.213. The van der Waals surface area contributed by atoms with Gasteiger partial charge in [-0.1, -0.05) is 65.3 Å². The van der Waals surface area contributed by atoms with Crippen LogP contribution in [0.5, 0.6) is 5.75 Å². The number of nitrogens with zero attached hydrogens (tertiary/aromatic N) is 1. The Morgan fingerprint density at radius 1 is 1.00 bits per heavy atom. The van der Waals surface area contributed by atoms with E-state index < -0.39 is 5.76 Å². The fourth-order valence-electron chi connectivity index (χ4n) is 2.87. The molecule has 3 aromatic carbocycles. The van der Waals surface area contributed by atoms with Crippen molar-refractivity contribution in [3.05, 3.63) is 88.4 Å². The minimum Gasteiger partial charge on any atom is -0.482 e. The number of halogens is 1. The first-order valence-corrected chi connectivity index (χ1v) is 9.40. The summed E-state index contributed by atoms with van der Waals surface area (Å²) in [5.41, 5.74) is 3.12. The fourth-order valence-corrected chi connectivity index (χ4v) is 3.10. The standard InChI is InChI=1S/C22H16ClN3O4/c23-18-12-15(14-5-2-1-3-6-14)9-10-19(18)29-13-20(27)24-17-8-4-7-16(11-17)21-25-22(28)30-26-21/h1-12H,13H2,(H,24,27)(H,25,26,28). The molecule has 0 atom stereocenters. The van der Waals surface area contributed by atoms with Crippen molar-refractivity contribution < 1.29 is 14.1 Å². The second-order valence-electron chi connectivity index (χ2n) is 6.37. The molecule has 0 aliphatic carbocycles. The van der Waals surface area contributed by atoms with Crippen LogP contribution in [0.4, 0.5) is 5.69 Å². The van der Waals surface area contributed by atoms with Gasteiger partial charge in [0.05, 0.1) is 5.02 Å². The van der Waals surface area contributed by atoms with Crippen LogP contribution < -0.4 is 15.8 Å². The van der Waals surface area contributed by atoms with Crippen molar-refractivity contribution in [3.8, 4) is 28.3 Å². The molecule has 1 aromatic heterocycles. The SMILES string of the molecule is O=C(COc1ccc(-c2ccccc2)cc1Cl)Nc1cccc(-c2noc(=O)[nH]2)c1. The van der Waals surface area contributed by atoms with Crippen LogP contribution >= 0.6 is 11.6 Å². The van der Waals surface area contributed by atoms with E-state index in [1.165, 1.54) is 0 Å². The molecular formula is C22H16ClN3O4. The molecule has 8 heteroatoms. The summed E-state index contributed by atoms with van der Waals surface area (Å²) in [5.74, 6) is -0.315. The highest BCUT2D eigenvalue weighted by Gasteiger charge is 2.10. The molecule has 0 aliphatic rings. The highest BCUT2D eigenvalue weighted by atomic mass is 35.5. The van der Waals surface area contributed by atoms with Gasteiger partial charge in [-0.3, -0.25) is 14.3 Å². The molecule has 7 nitrogen and oxygen atoms in total. The number of H-pyrrole nitrogens is 1. The normalized spacial score (nSPS) is 10.6. The van der Waals surface area contributed by atoms with Gasteiger partial charge < -0.3 is 10.1 Å². The maximum absolute atomic E-state index is 12.3. The predicted molar refractivity (Wildman–Crippen MR) is 114 cm³/mol. The molecule has 30 heavy (non-hydrogen) atoms. The molecule has 0 unspecified atom stereocenters. The zero-order valence-corrected chi connectivity index (χ0v) is 16.3. The monoisotopic (exact) mass is 421 g/mol. The van der Waals surface area contributed by atoms with Crippen molar-refractivity contribution in [1.29, 1.82) is 0 Å². The second-order valence-corrected chi connectivity index (χ2v) is 6.78. The summed E-state index contributed by atoms with van der Waals surface area (Å²) in [6, 6.07) is 22.1. The third-order valence-corrected chi connectivity index (χ3v) is 4.55. The molecule has 4 aromatic rings. The van der Waals surface area contributed by atoms with Crippen molar-refractivity contribution in [1.82, 2.24) is 10.1 Å². The number of anilines is 1. The molecule has 150 valence electrons. The van der Waals surface area contributed by atoms with Crippen LogP contribution in [0.1, 0.15) is 0 Å². The first-order chi connectivity index (χ1) is 14.6. The Morgan fingerprint density at radius 2 is 1.80 bits per heavy atom. The molecule has 0 saturated heterocycles. The molecule has 0 saturated carbocycles. The van der Waals surface area contributed by atoms with Crippen LogP contribution in [0.3, 0.4) is 0 Å². The van der Waals surface area contributed by atoms with E-state index in [1.54, 1.807) is 36.4 Å². The topological polar surface area (TPSA) is 97.2 Å². The van der Waals surface area contributed by atoms with Crippen molar-refractivity contribution >= 4 is 23.2 Å². The number of nitrogens with one attached hydrogen (secondary N) is 2. The summed E-state index contributed by atoms with van der Waals surface area (Å²) in [7, 11) is 0. The molecule has 0 bridgehead atoms. The zero-order chi connectivity index (χ0) is 20.9. The number of carbonyl (C=O) groups excluding carboxylic acids is 1. The fraction of sp³-hybridized carbons (Fsp3) is 0.0455. The molecule has 1 amide bonds. The number of rotatable bonds is 6. The smallest absolute Gasteiger partial charge is 0.439 e. The Morgan fingerprint density at radius 3 is 2.53 bits per heavy atom. The Kier molecular flexibility index (Phi) is 5.63. The predicted octanol–water partition coefficient (Wildman–Crippen LogP) is 4.37. The third-order valence-electron chi connectivity index (χ3n) is 4.26. The lowest BCUT2D eigenvalue weighted by Gasteiger charge is -2.10. The van der Waals surface area contributed by atoms with Crippen LogP contribution in [-0.2, 0) is 4.79 Å². The molecule has 4 rings (SSSR count). The minimum atomic E-state index is -0.650. The Labute approximate surface area is 176 Å². The van der Waals surface area contributed by atoms with Gasteiger partial charge in [0.15, 0.2) is 12.4 Å². The number of amides is 1. The molecule has 0 spiro atoms. The second kappa shape index (κ2) is 8.67. The summed E-state index contributed by atoms with van der Waals surface area (Å²) >= 11 is 6.31. The van der Waals surface area contributed by atoms with E-state index in [0.29, 0.717) is 22.0 Å². The lowest BCUT2D eigenvalue weighted by molar-refractivity contribution is -0.118. The van der Waals surface area contributed by atoms with E-state index in [-0.39, 0.29) is 18.3 Å². The van der Waals surface area contributed by atoms with Gasteiger partial charge in [0.1, 0.15) is 5.75 Å². The first kappa shape index (κ1) is 19.5. The minimum absolute atomic E-state index is 0.213. The van der Waals surface area contributed by atoms with Crippen molar-refractivity contribution in [2.24, 2.45) is 0 Å². The van der Waals surface area contributed by atoms with Gasteiger partial charge in [0, 0.05) is 11.3 Å². The summed E-state index contributed by atoms with van der Waals surface area (Å²) in [6.07, 6.45) is 0. The van der Waals surface area contributed by atoms with Gasteiger partial charge in [-0.15, -0.1) is 0 Å². The summed E-state index contributed by atoms with van der Waals surface area (Å²) in [5, 5.41) is 6.77. The van der Waals surface area contributed by atoms with Crippen molar-refractivity contribution in [2.75, 3.05) is 11.9 Å². The maximum atomic E-state index is 12.3. The van der Waals surface area contributed by atoms with Crippen molar-refractivity contribution in [3.63, 3.8) is 0 Å². The van der Waals surface area contributed by atoms with Crippen molar-refractivity contribution in [2.45, 2.75) is 0 Å². The van der Waals surface area contributed by atoms with E-state index >= 15 is 0 Å². The van der Waals surface area contributed by atoms with E-state index in [0.717, 1.165) is 11.1 Å². The van der Waals surface area contributed by atoms with Gasteiger partial charge in [0.25, 0.3) is 5.91 Å². The zero-order valence-electron chi connectivity index (χ0n) is 15.6. The van der Waals surface area contributed by atoms with Crippen LogP contribution in [-0.4, -0.2) is 22.7 Å². The Bertz CT molecular complexity index is 1230. The van der Waals surface area contributed by atoms with Gasteiger partial charge in [-0.25, -0.2) is 4.79 Å². The molecule has 0 fully saturated rings. The summed E-state index contributed by atoms with van der Waals surface area (Å²) < 4.78 is 10.1. The van der Waals surface area contributed by atoms with E-state index in [9.17, 15) is 9.59 Å². The van der Waals surface area contributed by atoms with E-state index in [4.69, 9.17) is 16.3 Å². The van der Waals surface area contributed by atoms with Crippen LogP contribution in [0.25, 0.3) is 22.5 Å². The number of ether oxygens (including phenoxy) is 1. The lowest BCUT2D eigenvalue weighted by atomic mass is 10.1. The van der Waals surface area contributed by atoms with Crippen LogP contribution in [0.15, 0.2) is 82.1 Å². The molecule has 0 aliphatic heterocycles. The Balaban J connectivity index is 1.39. The van der Waals surface area contributed by atoms with E-state index in [1.807, 2.05) is 36.4 Å². The molecule has 0 radical (unpaired) electrons. The first-order valence-electron chi connectivity index (χ1n) is 9.02. The largest absolute Gasteiger partial charge is 0.482 e. The molecule has 1 heterocycles. The number of aromatic nitrogens is 2. The van der Waals surface area contributed by atoms with Gasteiger partial charge in [0.2, 0.25) is 0 Å². The van der Waals surface area contributed by atoms with Crippen LogP contribution in [0.2, 0.25) is 5.02 Å². The van der Waals surface area contributed by atoms with Gasteiger partial charge in [-0.05, 0) is 35.4 Å². The quantitative estimate of drug-likeness (QED) is 0.482. The Hall–Kier alpha value is -3.84. The van der Waals surface area contributed by atoms with Gasteiger partial charge in [-0.2, -0.15) is 0 Å². The average molecular weight is 422 g/mol. The maximum Gasteiger partial charge on any atom is 0.439 e.